The molecule has 4 heteroatoms. The van der Waals surface area contributed by atoms with Crippen molar-refractivity contribution in [3.05, 3.63) is 35.4 Å². The fourth-order valence-electron chi connectivity index (χ4n) is 2.63. The average Bonchev–Trinajstić information content (AvgIpc) is 2.61. The molecule has 1 rings (SSSR count). The summed E-state index contributed by atoms with van der Waals surface area (Å²) in [4.78, 5) is 22.0. The van der Waals surface area contributed by atoms with E-state index in [0.717, 1.165) is 51.4 Å². The van der Waals surface area contributed by atoms with Crippen LogP contribution in [0.15, 0.2) is 24.3 Å². The SMILES string of the molecule is COC(=O)CCCCCc1ccc(CCCCCC(=O)OC)cc1. The van der Waals surface area contributed by atoms with E-state index in [1.165, 1.54) is 25.3 Å². The van der Waals surface area contributed by atoms with E-state index < -0.39 is 0 Å². The molecule has 4 nitrogen and oxygen atoms in total. The van der Waals surface area contributed by atoms with E-state index in [1.54, 1.807) is 0 Å². The third kappa shape index (κ3) is 9.33. The van der Waals surface area contributed by atoms with Gasteiger partial charge >= 0.3 is 11.9 Å². The number of hydrogen-bond donors (Lipinski definition) is 0. The van der Waals surface area contributed by atoms with Gasteiger partial charge in [0.1, 0.15) is 0 Å². The molecule has 1 aromatic rings. The highest BCUT2D eigenvalue weighted by atomic mass is 16.5. The van der Waals surface area contributed by atoms with Gasteiger partial charge in [0.2, 0.25) is 0 Å². The molecule has 0 unspecified atom stereocenters. The van der Waals surface area contributed by atoms with Crippen LogP contribution in [0.3, 0.4) is 0 Å². The van der Waals surface area contributed by atoms with Gasteiger partial charge in [-0.25, -0.2) is 0 Å². The first-order valence-electron chi connectivity index (χ1n) is 8.87. The van der Waals surface area contributed by atoms with Crippen LogP contribution in [0.5, 0.6) is 0 Å². The van der Waals surface area contributed by atoms with E-state index in [2.05, 4.69) is 33.7 Å². The van der Waals surface area contributed by atoms with Gasteiger partial charge in [-0.3, -0.25) is 9.59 Å². The predicted molar refractivity (Wildman–Crippen MR) is 94.8 cm³/mol. The molecule has 0 aliphatic carbocycles. The fourth-order valence-corrected chi connectivity index (χ4v) is 2.63. The second kappa shape index (κ2) is 12.6. The highest BCUT2D eigenvalue weighted by Crippen LogP contribution is 2.13. The molecule has 0 aliphatic heterocycles. The number of aryl methyl sites for hydroxylation is 2. The first kappa shape index (κ1) is 20.2. The number of ether oxygens (including phenoxy) is 2. The summed E-state index contributed by atoms with van der Waals surface area (Å²) in [7, 11) is 2.87. The van der Waals surface area contributed by atoms with Crippen molar-refractivity contribution in [3.8, 4) is 0 Å². The van der Waals surface area contributed by atoms with Crippen LogP contribution in [0.1, 0.15) is 62.5 Å². The summed E-state index contributed by atoms with van der Waals surface area (Å²) in [5.74, 6) is -0.239. The Morgan fingerprint density at radius 3 is 1.38 bits per heavy atom. The normalized spacial score (nSPS) is 10.4. The molecular formula is C20H30O4. The van der Waals surface area contributed by atoms with E-state index in [0.29, 0.717) is 12.8 Å². The quantitative estimate of drug-likeness (QED) is 0.424. The van der Waals surface area contributed by atoms with Crippen molar-refractivity contribution in [1.82, 2.24) is 0 Å². The van der Waals surface area contributed by atoms with Crippen LogP contribution in [0.25, 0.3) is 0 Å². The number of unbranched alkanes of at least 4 members (excludes halogenated alkanes) is 4. The lowest BCUT2D eigenvalue weighted by molar-refractivity contribution is -0.141. The van der Waals surface area contributed by atoms with Gasteiger partial charge < -0.3 is 9.47 Å². The number of carbonyl (C=O) groups excluding carboxylic acids is 2. The van der Waals surface area contributed by atoms with Gasteiger partial charge in [0.15, 0.2) is 0 Å². The Bertz CT molecular complexity index is 434. The molecule has 0 atom stereocenters. The molecule has 134 valence electrons. The van der Waals surface area contributed by atoms with Crippen LogP contribution in [0, 0.1) is 0 Å². The Morgan fingerprint density at radius 2 is 1.04 bits per heavy atom. The molecule has 0 N–H and O–H groups in total. The van der Waals surface area contributed by atoms with Crippen LogP contribution in [0.4, 0.5) is 0 Å². The highest BCUT2D eigenvalue weighted by Gasteiger charge is 2.01. The van der Waals surface area contributed by atoms with E-state index in [1.807, 2.05) is 0 Å². The molecule has 0 radical (unpaired) electrons. The molecule has 24 heavy (non-hydrogen) atoms. The molecular weight excluding hydrogens is 304 g/mol. The summed E-state index contributed by atoms with van der Waals surface area (Å²) in [6.07, 6.45) is 9.26. The topological polar surface area (TPSA) is 52.6 Å². The van der Waals surface area contributed by atoms with Crippen LogP contribution in [-0.4, -0.2) is 26.2 Å². The first-order valence-corrected chi connectivity index (χ1v) is 8.87. The van der Waals surface area contributed by atoms with Gasteiger partial charge in [0, 0.05) is 12.8 Å². The molecule has 1 aromatic carbocycles. The number of hydrogen-bond acceptors (Lipinski definition) is 4. The van der Waals surface area contributed by atoms with Crippen molar-refractivity contribution in [2.75, 3.05) is 14.2 Å². The summed E-state index contributed by atoms with van der Waals surface area (Å²) in [5, 5.41) is 0. The van der Waals surface area contributed by atoms with Gasteiger partial charge in [-0.2, -0.15) is 0 Å². The minimum atomic E-state index is -0.120. The molecule has 0 saturated heterocycles. The van der Waals surface area contributed by atoms with Crippen molar-refractivity contribution < 1.29 is 19.1 Å². The van der Waals surface area contributed by atoms with Crippen molar-refractivity contribution in [1.29, 1.82) is 0 Å². The molecule has 0 fully saturated rings. The van der Waals surface area contributed by atoms with Crippen molar-refractivity contribution in [3.63, 3.8) is 0 Å². The van der Waals surface area contributed by atoms with Crippen molar-refractivity contribution >= 4 is 11.9 Å². The molecule has 0 bridgehead atoms. The average molecular weight is 334 g/mol. The number of methoxy groups -OCH3 is 2. The molecule has 0 aliphatic rings. The van der Waals surface area contributed by atoms with Crippen molar-refractivity contribution in [2.24, 2.45) is 0 Å². The molecule has 0 heterocycles. The third-order valence-corrected chi connectivity index (χ3v) is 4.17. The Kier molecular flexibility index (Phi) is 10.6. The van der Waals surface area contributed by atoms with E-state index in [9.17, 15) is 9.59 Å². The van der Waals surface area contributed by atoms with Gasteiger partial charge in [-0.05, 0) is 49.7 Å². The van der Waals surface area contributed by atoms with E-state index in [-0.39, 0.29) is 11.9 Å². The second-order valence-electron chi connectivity index (χ2n) is 6.09. The standard InChI is InChI=1S/C20H30O4/c1-23-19(21)11-7-3-5-9-17-13-15-18(16-14-17)10-6-4-8-12-20(22)24-2/h13-16H,3-12H2,1-2H3. The van der Waals surface area contributed by atoms with Crippen LogP contribution < -0.4 is 0 Å². The highest BCUT2D eigenvalue weighted by molar-refractivity contribution is 5.69. The minimum absolute atomic E-state index is 0.120. The van der Waals surface area contributed by atoms with E-state index >= 15 is 0 Å². The lowest BCUT2D eigenvalue weighted by Crippen LogP contribution is -1.99. The third-order valence-electron chi connectivity index (χ3n) is 4.17. The minimum Gasteiger partial charge on any atom is -0.469 e. The van der Waals surface area contributed by atoms with E-state index in [4.69, 9.17) is 0 Å². The summed E-state index contributed by atoms with van der Waals surface area (Å²) < 4.78 is 9.26. The molecule has 0 spiro atoms. The molecule has 0 aromatic heterocycles. The summed E-state index contributed by atoms with van der Waals surface area (Å²) >= 11 is 0. The number of rotatable bonds is 12. The molecule has 0 amide bonds. The van der Waals surface area contributed by atoms with Crippen LogP contribution >= 0.6 is 0 Å². The zero-order chi connectivity index (χ0) is 17.6. The lowest BCUT2D eigenvalue weighted by Gasteiger charge is -2.05. The first-order chi connectivity index (χ1) is 11.7. The Balaban J connectivity index is 2.12. The van der Waals surface area contributed by atoms with Gasteiger partial charge in [0.25, 0.3) is 0 Å². The fraction of sp³-hybridized carbons (Fsp3) is 0.600. The van der Waals surface area contributed by atoms with Crippen LogP contribution in [0.2, 0.25) is 0 Å². The molecule has 0 saturated carbocycles. The monoisotopic (exact) mass is 334 g/mol. The Labute approximate surface area is 145 Å². The Morgan fingerprint density at radius 1 is 0.667 bits per heavy atom. The summed E-state index contributed by atoms with van der Waals surface area (Å²) in [5.41, 5.74) is 2.70. The number of carbonyl (C=O) groups is 2. The predicted octanol–water partition coefficient (Wildman–Crippen LogP) is 4.24. The second-order valence-corrected chi connectivity index (χ2v) is 6.09. The smallest absolute Gasteiger partial charge is 0.305 e. The maximum absolute atomic E-state index is 11.0. The summed E-state index contributed by atoms with van der Waals surface area (Å²) in [6.45, 7) is 0. The maximum Gasteiger partial charge on any atom is 0.305 e. The van der Waals surface area contributed by atoms with Gasteiger partial charge in [0.05, 0.1) is 14.2 Å². The Hall–Kier alpha value is -1.84. The number of esters is 2. The van der Waals surface area contributed by atoms with Gasteiger partial charge in [-0.1, -0.05) is 37.1 Å². The van der Waals surface area contributed by atoms with Crippen LogP contribution in [-0.2, 0) is 31.9 Å². The zero-order valence-electron chi connectivity index (χ0n) is 15.0. The number of benzene rings is 1. The summed E-state index contributed by atoms with van der Waals surface area (Å²) in [6, 6.07) is 8.79. The largest absolute Gasteiger partial charge is 0.469 e. The van der Waals surface area contributed by atoms with Gasteiger partial charge in [-0.15, -0.1) is 0 Å². The zero-order valence-corrected chi connectivity index (χ0v) is 15.0. The maximum atomic E-state index is 11.0. The lowest BCUT2D eigenvalue weighted by atomic mass is 10.0. The van der Waals surface area contributed by atoms with Crippen molar-refractivity contribution in [2.45, 2.75) is 64.2 Å².